The number of imidazole rings is 1. The summed E-state index contributed by atoms with van der Waals surface area (Å²) in [5.74, 6) is -0.415. The first-order valence-electron chi connectivity index (χ1n) is 5.23. The van der Waals surface area contributed by atoms with Gasteiger partial charge in [-0.05, 0) is 24.1 Å². The van der Waals surface area contributed by atoms with Crippen LogP contribution < -0.4 is 5.73 Å². The smallest absolute Gasteiger partial charge is 0.141 e. The van der Waals surface area contributed by atoms with Crippen LogP contribution in [0.3, 0.4) is 0 Å². The van der Waals surface area contributed by atoms with E-state index in [2.05, 4.69) is 4.98 Å². The Hall–Kier alpha value is -1.39. The molecule has 17 heavy (non-hydrogen) atoms. The Morgan fingerprint density at radius 3 is 2.88 bits per heavy atom. The zero-order valence-electron chi connectivity index (χ0n) is 9.40. The maximum atomic E-state index is 13.0. The van der Waals surface area contributed by atoms with Crippen molar-refractivity contribution in [2.24, 2.45) is 12.8 Å². The van der Waals surface area contributed by atoms with Gasteiger partial charge in [-0.3, -0.25) is 0 Å². The average molecular weight is 254 g/mol. The molecular formula is C12H13ClFN3. The van der Waals surface area contributed by atoms with Gasteiger partial charge in [0.2, 0.25) is 0 Å². The van der Waals surface area contributed by atoms with Crippen LogP contribution in [0.4, 0.5) is 4.39 Å². The van der Waals surface area contributed by atoms with Crippen molar-refractivity contribution in [3.8, 4) is 0 Å². The van der Waals surface area contributed by atoms with Crippen molar-refractivity contribution in [1.82, 2.24) is 9.55 Å². The highest BCUT2D eigenvalue weighted by Gasteiger charge is 2.10. The van der Waals surface area contributed by atoms with E-state index in [0.717, 1.165) is 11.3 Å². The number of nitrogens with two attached hydrogens (primary N) is 1. The second-order valence-corrected chi connectivity index (χ2v) is 4.43. The first-order chi connectivity index (χ1) is 8.06. The first kappa shape index (κ1) is 12.1. The minimum atomic E-state index is -0.415. The minimum absolute atomic E-state index is 0.121. The standard InChI is InChI=1S/C12H13ClFN3/c1-17-6-12(16-7-17)11(15)5-8-2-3-10(14)9(13)4-8/h2-4,6-7,11H,5,15H2,1H3. The van der Waals surface area contributed by atoms with Crippen LogP contribution in [-0.2, 0) is 13.5 Å². The van der Waals surface area contributed by atoms with Crippen molar-refractivity contribution in [2.45, 2.75) is 12.5 Å². The van der Waals surface area contributed by atoms with Gasteiger partial charge in [-0.25, -0.2) is 9.37 Å². The predicted octanol–water partition coefficient (Wildman–Crippen LogP) is 2.46. The molecule has 0 spiro atoms. The number of hydrogen-bond acceptors (Lipinski definition) is 2. The molecule has 1 heterocycles. The number of aryl methyl sites for hydroxylation is 1. The van der Waals surface area contributed by atoms with Gasteiger partial charge in [0, 0.05) is 13.2 Å². The van der Waals surface area contributed by atoms with Crippen LogP contribution in [-0.4, -0.2) is 9.55 Å². The van der Waals surface area contributed by atoms with E-state index in [0.29, 0.717) is 6.42 Å². The van der Waals surface area contributed by atoms with Gasteiger partial charge in [0.25, 0.3) is 0 Å². The summed E-state index contributed by atoms with van der Waals surface area (Å²) >= 11 is 5.71. The normalized spacial score (nSPS) is 12.7. The van der Waals surface area contributed by atoms with E-state index < -0.39 is 5.82 Å². The van der Waals surface area contributed by atoms with Crippen LogP contribution in [0.15, 0.2) is 30.7 Å². The summed E-state index contributed by atoms with van der Waals surface area (Å²) in [5.41, 5.74) is 7.73. The van der Waals surface area contributed by atoms with Crippen LogP contribution in [0.25, 0.3) is 0 Å². The zero-order chi connectivity index (χ0) is 12.4. The highest BCUT2D eigenvalue weighted by atomic mass is 35.5. The average Bonchev–Trinajstić information content (AvgIpc) is 2.70. The number of rotatable bonds is 3. The molecule has 2 N–H and O–H groups in total. The number of nitrogens with zero attached hydrogens (tertiary/aromatic N) is 2. The second-order valence-electron chi connectivity index (χ2n) is 4.02. The molecule has 0 aliphatic heterocycles. The minimum Gasteiger partial charge on any atom is -0.340 e. The highest BCUT2D eigenvalue weighted by Crippen LogP contribution is 2.20. The number of benzene rings is 1. The SMILES string of the molecule is Cn1cnc(C(N)Cc2ccc(F)c(Cl)c2)c1. The summed E-state index contributed by atoms with van der Waals surface area (Å²) in [6, 6.07) is 4.42. The largest absolute Gasteiger partial charge is 0.340 e. The summed E-state index contributed by atoms with van der Waals surface area (Å²) in [5, 5.41) is 0.121. The van der Waals surface area contributed by atoms with Crippen LogP contribution in [0.1, 0.15) is 17.3 Å². The molecule has 0 aliphatic rings. The van der Waals surface area contributed by atoms with E-state index in [1.807, 2.05) is 17.8 Å². The van der Waals surface area contributed by atoms with Gasteiger partial charge in [-0.2, -0.15) is 0 Å². The Balaban J connectivity index is 2.12. The van der Waals surface area contributed by atoms with Crippen molar-refractivity contribution in [1.29, 1.82) is 0 Å². The lowest BCUT2D eigenvalue weighted by Gasteiger charge is -2.09. The van der Waals surface area contributed by atoms with Crippen molar-refractivity contribution in [3.05, 3.63) is 52.8 Å². The number of aromatic nitrogens is 2. The Morgan fingerprint density at radius 2 is 2.29 bits per heavy atom. The van der Waals surface area contributed by atoms with Gasteiger partial charge < -0.3 is 10.3 Å². The molecule has 5 heteroatoms. The molecule has 0 bridgehead atoms. The fourth-order valence-electron chi connectivity index (χ4n) is 1.65. The van der Waals surface area contributed by atoms with E-state index in [4.69, 9.17) is 17.3 Å². The molecule has 0 saturated carbocycles. The van der Waals surface area contributed by atoms with Crippen LogP contribution in [0, 0.1) is 5.82 Å². The molecule has 90 valence electrons. The Morgan fingerprint density at radius 1 is 1.53 bits per heavy atom. The van der Waals surface area contributed by atoms with Crippen molar-refractivity contribution in [2.75, 3.05) is 0 Å². The van der Waals surface area contributed by atoms with Gasteiger partial charge in [-0.1, -0.05) is 17.7 Å². The topological polar surface area (TPSA) is 43.8 Å². The van der Waals surface area contributed by atoms with Gasteiger partial charge in [-0.15, -0.1) is 0 Å². The van der Waals surface area contributed by atoms with Crippen LogP contribution in [0.2, 0.25) is 5.02 Å². The molecule has 1 atom stereocenters. The first-order valence-corrected chi connectivity index (χ1v) is 5.61. The summed E-state index contributed by atoms with van der Waals surface area (Å²) < 4.78 is 14.8. The fraction of sp³-hybridized carbons (Fsp3) is 0.250. The predicted molar refractivity (Wildman–Crippen MR) is 65.3 cm³/mol. The molecular weight excluding hydrogens is 241 g/mol. The van der Waals surface area contributed by atoms with E-state index in [-0.39, 0.29) is 11.1 Å². The van der Waals surface area contributed by atoms with Crippen molar-refractivity contribution in [3.63, 3.8) is 0 Å². The third kappa shape index (κ3) is 2.84. The molecule has 0 amide bonds. The Kier molecular flexibility index (Phi) is 3.45. The lowest BCUT2D eigenvalue weighted by Crippen LogP contribution is -2.13. The molecule has 1 aromatic heterocycles. The lowest BCUT2D eigenvalue weighted by molar-refractivity contribution is 0.625. The van der Waals surface area contributed by atoms with Gasteiger partial charge >= 0.3 is 0 Å². The van der Waals surface area contributed by atoms with Gasteiger partial charge in [0.05, 0.1) is 23.1 Å². The van der Waals surface area contributed by atoms with E-state index >= 15 is 0 Å². The van der Waals surface area contributed by atoms with E-state index in [1.165, 1.54) is 6.07 Å². The molecule has 0 fully saturated rings. The third-order valence-corrected chi connectivity index (χ3v) is 2.83. The van der Waals surface area contributed by atoms with E-state index in [1.54, 1.807) is 18.5 Å². The molecule has 0 saturated heterocycles. The molecule has 0 aliphatic carbocycles. The zero-order valence-corrected chi connectivity index (χ0v) is 10.2. The quantitative estimate of drug-likeness (QED) is 0.913. The highest BCUT2D eigenvalue weighted by molar-refractivity contribution is 6.30. The van der Waals surface area contributed by atoms with Gasteiger partial charge in [0.1, 0.15) is 5.82 Å². The monoisotopic (exact) mass is 253 g/mol. The Labute approximate surface area is 104 Å². The summed E-state index contributed by atoms with van der Waals surface area (Å²) in [6.45, 7) is 0. The van der Waals surface area contributed by atoms with Crippen molar-refractivity contribution < 1.29 is 4.39 Å². The van der Waals surface area contributed by atoms with Crippen LogP contribution >= 0.6 is 11.6 Å². The van der Waals surface area contributed by atoms with Crippen molar-refractivity contribution >= 4 is 11.6 Å². The van der Waals surface area contributed by atoms with Crippen LogP contribution in [0.5, 0.6) is 0 Å². The number of hydrogen-bond donors (Lipinski definition) is 1. The summed E-state index contributed by atoms with van der Waals surface area (Å²) in [4.78, 5) is 4.18. The summed E-state index contributed by atoms with van der Waals surface area (Å²) in [7, 11) is 1.89. The second kappa shape index (κ2) is 4.85. The third-order valence-electron chi connectivity index (χ3n) is 2.54. The lowest BCUT2D eigenvalue weighted by atomic mass is 10.0. The molecule has 2 aromatic rings. The van der Waals surface area contributed by atoms with Gasteiger partial charge in [0.15, 0.2) is 0 Å². The molecule has 3 nitrogen and oxygen atoms in total. The summed E-state index contributed by atoms with van der Waals surface area (Å²) in [6.07, 6.45) is 4.15. The maximum absolute atomic E-state index is 13.0. The molecule has 2 rings (SSSR count). The molecule has 1 aromatic carbocycles. The maximum Gasteiger partial charge on any atom is 0.141 e. The molecule has 1 unspecified atom stereocenters. The fourth-order valence-corrected chi connectivity index (χ4v) is 1.85. The Bertz CT molecular complexity index is 524. The number of halogens is 2. The van der Waals surface area contributed by atoms with E-state index in [9.17, 15) is 4.39 Å². The molecule has 0 radical (unpaired) electrons.